The van der Waals surface area contributed by atoms with Crippen LogP contribution in [-0.2, 0) is 5.41 Å². The minimum absolute atomic E-state index is 0.310. The van der Waals surface area contributed by atoms with Crippen molar-refractivity contribution in [1.29, 1.82) is 0 Å². The molecule has 0 amide bonds. The maximum absolute atomic E-state index is 5.57. The molecule has 124 valence electrons. The quantitative estimate of drug-likeness (QED) is 0.806. The van der Waals surface area contributed by atoms with Gasteiger partial charge in [0.2, 0.25) is 0 Å². The monoisotopic (exact) mass is 316 g/mol. The van der Waals surface area contributed by atoms with Gasteiger partial charge in [0.25, 0.3) is 0 Å². The zero-order valence-electron chi connectivity index (χ0n) is 14.6. The van der Waals surface area contributed by atoms with Gasteiger partial charge in [0.15, 0.2) is 0 Å². The number of rotatable bonds is 6. The summed E-state index contributed by atoms with van der Waals surface area (Å²) in [6.45, 7) is 4.28. The van der Waals surface area contributed by atoms with Crippen molar-refractivity contribution in [1.82, 2.24) is 0 Å². The molecule has 0 aromatic heterocycles. The summed E-state index contributed by atoms with van der Waals surface area (Å²) in [7, 11) is 6.62. The lowest BCUT2D eigenvalue weighted by Crippen LogP contribution is -2.21. The average Bonchev–Trinajstić information content (AvgIpc) is 2.60. The number of methoxy groups -OCH3 is 4. The second kappa shape index (κ2) is 6.82. The van der Waals surface area contributed by atoms with Gasteiger partial charge in [-0.1, -0.05) is 26.0 Å². The van der Waals surface area contributed by atoms with Gasteiger partial charge >= 0.3 is 0 Å². The van der Waals surface area contributed by atoms with E-state index in [1.165, 1.54) is 0 Å². The summed E-state index contributed by atoms with van der Waals surface area (Å²) < 4.78 is 21.7. The Morgan fingerprint density at radius 3 is 1.30 bits per heavy atom. The summed E-state index contributed by atoms with van der Waals surface area (Å²) in [6.07, 6.45) is 0. The fourth-order valence-electron chi connectivity index (χ4n) is 2.77. The highest BCUT2D eigenvalue weighted by Crippen LogP contribution is 2.43. The zero-order chi connectivity index (χ0) is 17.0. The van der Waals surface area contributed by atoms with E-state index < -0.39 is 0 Å². The molecule has 0 spiro atoms. The second-order valence-electron chi connectivity index (χ2n) is 5.76. The molecule has 0 atom stereocenters. The SMILES string of the molecule is COc1ccc(C(C)(C)c2ccc(OC)cc2OC)c(OC)c1. The zero-order valence-corrected chi connectivity index (χ0v) is 14.6. The molecule has 0 N–H and O–H groups in total. The van der Waals surface area contributed by atoms with Gasteiger partial charge in [-0.2, -0.15) is 0 Å². The van der Waals surface area contributed by atoms with E-state index in [-0.39, 0.29) is 5.41 Å². The first-order chi connectivity index (χ1) is 11.0. The molecule has 0 aliphatic carbocycles. The topological polar surface area (TPSA) is 36.9 Å². The Labute approximate surface area is 137 Å². The highest BCUT2D eigenvalue weighted by Gasteiger charge is 2.30. The third-order valence-corrected chi connectivity index (χ3v) is 4.16. The van der Waals surface area contributed by atoms with Gasteiger partial charge in [0.1, 0.15) is 23.0 Å². The molecule has 0 unspecified atom stereocenters. The van der Waals surface area contributed by atoms with Crippen LogP contribution < -0.4 is 18.9 Å². The van der Waals surface area contributed by atoms with Crippen LogP contribution in [0.3, 0.4) is 0 Å². The molecule has 0 radical (unpaired) electrons. The molecule has 0 saturated heterocycles. The van der Waals surface area contributed by atoms with Crippen LogP contribution >= 0.6 is 0 Å². The number of ether oxygens (including phenoxy) is 4. The van der Waals surface area contributed by atoms with Crippen LogP contribution in [0.4, 0.5) is 0 Å². The summed E-state index contributed by atoms with van der Waals surface area (Å²) in [5, 5.41) is 0. The van der Waals surface area contributed by atoms with Gasteiger partial charge < -0.3 is 18.9 Å². The molecular formula is C19H24O4. The van der Waals surface area contributed by atoms with Gasteiger partial charge in [0, 0.05) is 28.7 Å². The lowest BCUT2D eigenvalue weighted by atomic mass is 9.77. The Bertz CT molecular complexity index is 620. The smallest absolute Gasteiger partial charge is 0.126 e. The molecule has 2 rings (SSSR count). The standard InChI is InChI=1S/C19H24O4/c1-19(2,15-9-7-13(20-3)11-17(15)22-5)16-10-8-14(21-4)12-18(16)23-6/h7-12H,1-6H3. The van der Waals surface area contributed by atoms with Gasteiger partial charge in [-0.25, -0.2) is 0 Å². The molecule has 0 saturated carbocycles. The van der Waals surface area contributed by atoms with E-state index in [1.807, 2.05) is 36.4 Å². The largest absolute Gasteiger partial charge is 0.497 e. The first-order valence-electron chi connectivity index (χ1n) is 7.43. The van der Waals surface area contributed by atoms with Gasteiger partial charge in [-0.15, -0.1) is 0 Å². The molecule has 23 heavy (non-hydrogen) atoms. The molecule has 4 nitrogen and oxygen atoms in total. The predicted octanol–water partition coefficient (Wildman–Crippen LogP) is 4.05. The fourth-order valence-corrected chi connectivity index (χ4v) is 2.77. The predicted molar refractivity (Wildman–Crippen MR) is 91.2 cm³/mol. The van der Waals surface area contributed by atoms with Crippen LogP contribution in [0.2, 0.25) is 0 Å². The van der Waals surface area contributed by atoms with E-state index in [0.29, 0.717) is 0 Å². The van der Waals surface area contributed by atoms with Crippen LogP contribution in [0.1, 0.15) is 25.0 Å². The van der Waals surface area contributed by atoms with Gasteiger partial charge in [0.05, 0.1) is 28.4 Å². The Hall–Kier alpha value is -2.36. The van der Waals surface area contributed by atoms with Gasteiger partial charge in [-0.05, 0) is 12.1 Å². The Morgan fingerprint density at radius 1 is 0.609 bits per heavy atom. The third-order valence-electron chi connectivity index (χ3n) is 4.16. The van der Waals surface area contributed by atoms with Crippen molar-refractivity contribution in [3.05, 3.63) is 47.5 Å². The Morgan fingerprint density at radius 2 is 1.00 bits per heavy atom. The third kappa shape index (κ3) is 3.21. The highest BCUT2D eigenvalue weighted by atomic mass is 16.5. The van der Waals surface area contributed by atoms with Crippen LogP contribution in [0.25, 0.3) is 0 Å². The Balaban J connectivity index is 2.58. The summed E-state index contributed by atoms with van der Waals surface area (Å²) in [4.78, 5) is 0. The summed E-state index contributed by atoms with van der Waals surface area (Å²) in [6, 6.07) is 11.7. The van der Waals surface area contributed by atoms with Crippen molar-refractivity contribution < 1.29 is 18.9 Å². The molecule has 0 fully saturated rings. The molecule has 2 aromatic carbocycles. The van der Waals surface area contributed by atoms with Gasteiger partial charge in [-0.3, -0.25) is 0 Å². The summed E-state index contributed by atoms with van der Waals surface area (Å²) in [5.41, 5.74) is 1.81. The van der Waals surface area contributed by atoms with E-state index in [2.05, 4.69) is 13.8 Å². The van der Waals surface area contributed by atoms with E-state index in [9.17, 15) is 0 Å². The number of hydrogen-bond acceptors (Lipinski definition) is 4. The second-order valence-corrected chi connectivity index (χ2v) is 5.76. The number of benzene rings is 2. The van der Waals surface area contributed by atoms with Crippen LogP contribution in [-0.4, -0.2) is 28.4 Å². The average molecular weight is 316 g/mol. The van der Waals surface area contributed by atoms with Crippen molar-refractivity contribution in [3.63, 3.8) is 0 Å². The van der Waals surface area contributed by atoms with Crippen molar-refractivity contribution in [2.75, 3.05) is 28.4 Å². The van der Waals surface area contributed by atoms with E-state index in [0.717, 1.165) is 34.1 Å². The lowest BCUT2D eigenvalue weighted by molar-refractivity contribution is 0.375. The summed E-state index contributed by atoms with van der Waals surface area (Å²) in [5.74, 6) is 3.10. The maximum atomic E-state index is 5.57. The first kappa shape index (κ1) is 17.0. The normalized spacial score (nSPS) is 11.0. The molecule has 0 aliphatic heterocycles. The van der Waals surface area contributed by atoms with Crippen molar-refractivity contribution in [3.8, 4) is 23.0 Å². The Kier molecular flexibility index (Phi) is 5.04. The van der Waals surface area contributed by atoms with E-state index >= 15 is 0 Å². The summed E-state index contributed by atoms with van der Waals surface area (Å²) >= 11 is 0. The lowest BCUT2D eigenvalue weighted by Gasteiger charge is -2.29. The van der Waals surface area contributed by atoms with Crippen molar-refractivity contribution in [2.45, 2.75) is 19.3 Å². The van der Waals surface area contributed by atoms with E-state index in [1.54, 1.807) is 28.4 Å². The van der Waals surface area contributed by atoms with Crippen LogP contribution in [0.15, 0.2) is 36.4 Å². The van der Waals surface area contributed by atoms with Crippen LogP contribution in [0.5, 0.6) is 23.0 Å². The molecule has 0 bridgehead atoms. The maximum Gasteiger partial charge on any atom is 0.126 e. The minimum atomic E-state index is -0.310. The van der Waals surface area contributed by atoms with E-state index in [4.69, 9.17) is 18.9 Å². The molecule has 0 heterocycles. The van der Waals surface area contributed by atoms with Crippen LogP contribution in [0, 0.1) is 0 Å². The van der Waals surface area contributed by atoms with Crippen molar-refractivity contribution >= 4 is 0 Å². The number of hydrogen-bond donors (Lipinski definition) is 0. The fraction of sp³-hybridized carbons (Fsp3) is 0.368. The molecule has 2 aromatic rings. The molecule has 4 heteroatoms. The first-order valence-corrected chi connectivity index (χ1v) is 7.43. The molecular weight excluding hydrogens is 292 g/mol. The van der Waals surface area contributed by atoms with Crippen molar-refractivity contribution in [2.24, 2.45) is 0 Å². The molecule has 0 aliphatic rings. The highest BCUT2D eigenvalue weighted by molar-refractivity contribution is 5.54. The minimum Gasteiger partial charge on any atom is -0.497 e.